The number of furan rings is 1. The number of thioether (sulfide) groups is 1. The molecule has 0 aliphatic heterocycles. The van der Waals surface area contributed by atoms with Crippen LogP contribution in [0.15, 0.2) is 22.8 Å². The van der Waals surface area contributed by atoms with Gasteiger partial charge < -0.3 is 10.2 Å². The van der Waals surface area contributed by atoms with Gasteiger partial charge in [0.2, 0.25) is 5.91 Å². The van der Waals surface area contributed by atoms with Crippen LogP contribution in [0.25, 0.3) is 0 Å². The Morgan fingerprint density at radius 2 is 2.50 bits per heavy atom. The Bertz CT molecular complexity index is 233. The zero-order chi connectivity index (χ0) is 8.81. The van der Waals surface area contributed by atoms with E-state index in [0.717, 1.165) is 17.3 Å². The molecule has 0 aliphatic rings. The van der Waals surface area contributed by atoms with Gasteiger partial charge in [0.15, 0.2) is 0 Å². The summed E-state index contributed by atoms with van der Waals surface area (Å²) >= 11 is 1.64. The molecule has 0 atom stereocenters. The molecule has 0 radical (unpaired) electrons. The van der Waals surface area contributed by atoms with Crippen LogP contribution in [0.2, 0.25) is 0 Å². The van der Waals surface area contributed by atoms with Gasteiger partial charge in [0.05, 0.1) is 12.0 Å². The van der Waals surface area contributed by atoms with Gasteiger partial charge in [-0.05, 0) is 12.1 Å². The number of primary amides is 1. The molecule has 1 rings (SSSR count). The van der Waals surface area contributed by atoms with Gasteiger partial charge in [-0.2, -0.15) is 11.8 Å². The van der Waals surface area contributed by atoms with Gasteiger partial charge in [0, 0.05) is 12.2 Å². The molecule has 0 aliphatic carbocycles. The largest absolute Gasteiger partial charge is 0.468 e. The molecule has 1 aromatic heterocycles. The Kier molecular flexibility index (Phi) is 3.73. The molecule has 0 unspecified atom stereocenters. The topological polar surface area (TPSA) is 56.2 Å². The summed E-state index contributed by atoms with van der Waals surface area (Å²) in [7, 11) is 0. The molecular weight excluding hydrogens is 174 g/mol. The summed E-state index contributed by atoms with van der Waals surface area (Å²) in [4.78, 5) is 10.3. The van der Waals surface area contributed by atoms with Crippen LogP contribution in [0.5, 0.6) is 0 Å². The van der Waals surface area contributed by atoms with Gasteiger partial charge in [-0.3, -0.25) is 4.79 Å². The van der Waals surface area contributed by atoms with Gasteiger partial charge >= 0.3 is 0 Å². The second-order valence-electron chi connectivity index (χ2n) is 2.35. The smallest absolute Gasteiger partial charge is 0.218 e. The van der Waals surface area contributed by atoms with E-state index in [9.17, 15) is 4.79 Å². The number of nitrogens with two attached hydrogens (primary N) is 1. The number of carbonyl (C=O) groups excluding carboxylic acids is 1. The van der Waals surface area contributed by atoms with Crippen LogP contribution in [-0.4, -0.2) is 11.7 Å². The summed E-state index contributed by atoms with van der Waals surface area (Å²) in [5.74, 6) is 2.25. The van der Waals surface area contributed by atoms with Crippen molar-refractivity contribution in [3.05, 3.63) is 24.2 Å². The molecule has 1 amide bonds. The molecule has 0 saturated heterocycles. The minimum atomic E-state index is -0.248. The molecule has 0 aromatic carbocycles. The average Bonchev–Trinajstić information content (AvgIpc) is 2.49. The van der Waals surface area contributed by atoms with Gasteiger partial charge in [0.1, 0.15) is 5.76 Å². The molecule has 2 N–H and O–H groups in total. The molecule has 12 heavy (non-hydrogen) atoms. The first-order valence-electron chi connectivity index (χ1n) is 3.67. The van der Waals surface area contributed by atoms with Gasteiger partial charge in [-0.1, -0.05) is 0 Å². The summed E-state index contributed by atoms with van der Waals surface area (Å²) in [6.07, 6.45) is 2.08. The maximum atomic E-state index is 10.3. The van der Waals surface area contributed by atoms with Gasteiger partial charge in [-0.15, -0.1) is 0 Å². The van der Waals surface area contributed by atoms with E-state index in [1.807, 2.05) is 12.1 Å². The summed E-state index contributed by atoms with van der Waals surface area (Å²) in [6, 6.07) is 3.77. The van der Waals surface area contributed by atoms with Crippen molar-refractivity contribution in [3.8, 4) is 0 Å². The fourth-order valence-corrected chi connectivity index (χ4v) is 1.60. The molecule has 0 spiro atoms. The minimum absolute atomic E-state index is 0.248. The van der Waals surface area contributed by atoms with E-state index < -0.39 is 0 Å². The van der Waals surface area contributed by atoms with Gasteiger partial charge in [0.25, 0.3) is 0 Å². The second kappa shape index (κ2) is 4.87. The van der Waals surface area contributed by atoms with E-state index in [-0.39, 0.29) is 5.91 Å². The van der Waals surface area contributed by atoms with Crippen molar-refractivity contribution in [3.63, 3.8) is 0 Å². The Morgan fingerprint density at radius 3 is 3.08 bits per heavy atom. The Hall–Kier alpha value is -0.900. The summed E-state index contributed by atoms with van der Waals surface area (Å²) < 4.78 is 5.10. The third-order valence-corrected chi connectivity index (χ3v) is 2.30. The standard InChI is InChI=1S/C8H11NO2S/c9-8(10)3-5-12-6-7-2-1-4-11-7/h1-2,4H,3,5-6H2,(H2,9,10). The fourth-order valence-electron chi connectivity index (χ4n) is 0.740. The highest BCUT2D eigenvalue weighted by molar-refractivity contribution is 7.98. The quantitative estimate of drug-likeness (QED) is 0.705. The van der Waals surface area contributed by atoms with Crippen molar-refractivity contribution in [2.75, 3.05) is 5.75 Å². The van der Waals surface area contributed by atoms with Crippen molar-refractivity contribution in [1.82, 2.24) is 0 Å². The first-order valence-corrected chi connectivity index (χ1v) is 4.83. The van der Waals surface area contributed by atoms with Crippen LogP contribution in [0, 0.1) is 0 Å². The third kappa shape index (κ3) is 3.48. The van der Waals surface area contributed by atoms with Crippen LogP contribution in [0.3, 0.4) is 0 Å². The monoisotopic (exact) mass is 185 g/mol. The first kappa shape index (κ1) is 9.19. The Labute approximate surface area is 75.3 Å². The molecule has 4 heteroatoms. The summed E-state index contributed by atoms with van der Waals surface area (Å²) in [6.45, 7) is 0. The number of hydrogen-bond acceptors (Lipinski definition) is 3. The van der Waals surface area contributed by atoms with Crippen LogP contribution < -0.4 is 5.73 Å². The number of amides is 1. The van der Waals surface area contributed by atoms with Crippen LogP contribution >= 0.6 is 11.8 Å². The lowest BCUT2D eigenvalue weighted by Crippen LogP contribution is -2.10. The highest BCUT2D eigenvalue weighted by Crippen LogP contribution is 2.12. The molecule has 0 fully saturated rings. The van der Waals surface area contributed by atoms with E-state index in [2.05, 4.69) is 0 Å². The van der Waals surface area contributed by atoms with Crippen LogP contribution in [-0.2, 0) is 10.5 Å². The van der Waals surface area contributed by atoms with E-state index in [1.165, 1.54) is 0 Å². The highest BCUT2D eigenvalue weighted by Gasteiger charge is 1.97. The van der Waals surface area contributed by atoms with Crippen LogP contribution in [0.1, 0.15) is 12.2 Å². The maximum absolute atomic E-state index is 10.3. The number of carbonyl (C=O) groups is 1. The van der Waals surface area contributed by atoms with E-state index in [0.29, 0.717) is 6.42 Å². The van der Waals surface area contributed by atoms with E-state index in [1.54, 1.807) is 18.0 Å². The SMILES string of the molecule is NC(=O)CCSCc1ccco1. The normalized spacial score (nSPS) is 10.0. The minimum Gasteiger partial charge on any atom is -0.468 e. The van der Waals surface area contributed by atoms with Crippen molar-refractivity contribution in [1.29, 1.82) is 0 Å². The molecular formula is C8H11NO2S. The molecule has 0 saturated carbocycles. The van der Waals surface area contributed by atoms with Gasteiger partial charge in [-0.25, -0.2) is 0 Å². The Balaban J connectivity index is 2.07. The number of hydrogen-bond donors (Lipinski definition) is 1. The van der Waals surface area contributed by atoms with E-state index in [4.69, 9.17) is 10.2 Å². The third-order valence-electron chi connectivity index (χ3n) is 1.32. The number of rotatable bonds is 5. The predicted octanol–water partition coefficient (Wildman–Crippen LogP) is 1.39. The summed E-state index contributed by atoms with van der Waals surface area (Å²) in [5.41, 5.74) is 4.98. The fraction of sp³-hybridized carbons (Fsp3) is 0.375. The molecule has 0 bridgehead atoms. The lowest BCUT2D eigenvalue weighted by atomic mass is 10.5. The zero-order valence-corrected chi connectivity index (χ0v) is 7.47. The van der Waals surface area contributed by atoms with Crippen molar-refractivity contribution < 1.29 is 9.21 Å². The second-order valence-corrected chi connectivity index (χ2v) is 3.45. The highest BCUT2D eigenvalue weighted by atomic mass is 32.2. The lowest BCUT2D eigenvalue weighted by molar-refractivity contribution is -0.117. The zero-order valence-electron chi connectivity index (χ0n) is 6.66. The molecule has 1 aromatic rings. The van der Waals surface area contributed by atoms with Crippen molar-refractivity contribution in [2.45, 2.75) is 12.2 Å². The predicted molar refractivity (Wildman–Crippen MR) is 48.7 cm³/mol. The lowest BCUT2D eigenvalue weighted by Gasteiger charge is -1.95. The van der Waals surface area contributed by atoms with Crippen molar-refractivity contribution in [2.24, 2.45) is 5.73 Å². The Morgan fingerprint density at radius 1 is 1.67 bits per heavy atom. The summed E-state index contributed by atoms with van der Waals surface area (Å²) in [5, 5.41) is 0. The maximum Gasteiger partial charge on any atom is 0.218 e. The molecule has 1 heterocycles. The first-order chi connectivity index (χ1) is 5.79. The van der Waals surface area contributed by atoms with Crippen molar-refractivity contribution >= 4 is 17.7 Å². The van der Waals surface area contributed by atoms with E-state index >= 15 is 0 Å². The molecule has 3 nitrogen and oxygen atoms in total. The molecule has 66 valence electrons. The van der Waals surface area contributed by atoms with Crippen LogP contribution in [0.4, 0.5) is 0 Å². The average molecular weight is 185 g/mol.